The van der Waals surface area contributed by atoms with Crippen molar-refractivity contribution in [3.05, 3.63) is 82.8 Å². The molecule has 0 unspecified atom stereocenters. The Balaban J connectivity index is 1.45. The zero-order valence-electron chi connectivity index (χ0n) is 19.5. The number of methoxy groups -OCH3 is 1. The van der Waals surface area contributed by atoms with Gasteiger partial charge >= 0.3 is 6.18 Å². The SMILES string of the molecule is COc1nc(/C=C/c2nc3n(n2)CCC[C@H]3c2c(F)cccc2C(F)(F)F)ccc1-n1cnc(C)c1. The molecule has 4 aromatic rings. The summed E-state index contributed by atoms with van der Waals surface area (Å²) in [6.45, 7) is 2.37. The van der Waals surface area contributed by atoms with Gasteiger partial charge < -0.3 is 9.30 Å². The maximum Gasteiger partial charge on any atom is 0.416 e. The van der Waals surface area contributed by atoms with E-state index in [1.54, 1.807) is 33.8 Å². The molecule has 186 valence electrons. The predicted octanol–water partition coefficient (Wildman–Crippen LogP) is 5.43. The summed E-state index contributed by atoms with van der Waals surface area (Å²) in [6.07, 6.45) is 3.06. The Bertz CT molecular complexity index is 1440. The first-order valence-corrected chi connectivity index (χ1v) is 11.3. The smallest absolute Gasteiger partial charge is 0.416 e. The molecule has 1 atom stereocenters. The van der Waals surface area contributed by atoms with Crippen LogP contribution in [0.25, 0.3) is 17.8 Å². The van der Waals surface area contributed by atoms with E-state index in [1.165, 1.54) is 7.11 Å². The molecule has 4 heterocycles. The molecular formula is C25H22F4N6O. The Labute approximate surface area is 204 Å². The standard InChI is InChI=1S/C25H22F4N6O/c1-15-13-34(14-30-15)20-10-8-16(31-24(20)36-2)9-11-21-32-23-17(5-4-12-35(23)33-21)22-18(25(27,28)29)6-3-7-19(22)26/h3,6-11,13-14,17H,4-5,12H2,1-2H3/b11-9+/t17-/m0/s1. The number of nitrogens with zero attached hydrogens (tertiary/aromatic N) is 6. The summed E-state index contributed by atoms with van der Waals surface area (Å²) < 4.78 is 64.3. The Kier molecular flexibility index (Phi) is 6.07. The van der Waals surface area contributed by atoms with Crippen molar-refractivity contribution in [2.75, 3.05) is 7.11 Å². The van der Waals surface area contributed by atoms with E-state index < -0.39 is 23.5 Å². The second-order valence-electron chi connectivity index (χ2n) is 8.47. The highest BCUT2D eigenvalue weighted by Gasteiger charge is 2.39. The summed E-state index contributed by atoms with van der Waals surface area (Å²) in [6, 6.07) is 6.66. The number of hydrogen-bond acceptors (Lipinski definition) is 5. The summed E-state index contributed by atoms with van der Waals surface area (Å²) in [4.78, 5) is 13.2. The van der Waals surface area contributed by atoms with Crippen LogP contribution in [0.4, 0.5) is 17.6 Å². The minimum Gasteiger partial charge on any atom is -0.479 e. The summed E-state index contributed by atoms with van der Waals surface area (Å²) >= 11 is 0. The van der Waals surface area contributed by atoms with Crippen LogP contribution in [0.1, 0.15) is 52.9 Å². The fourth-order valence-electron chi connectivity index (χ4n) is 4.45. The summed E-state index contributed by atoms with van der Waals surface area (Å²) in [5.41, 5.74) is 0.785. The van der Waals surface area contributed by atoms with Crippen LogP contribution in [0, 0.1) is 12.7 Å². The molecule has 0 bridgehead atoms. The first kappa shape index (κ1) is 23.7. The van der Waals surface area contributed by atoms with Crippen LogP contribution in [0.3, 0.4) is 0 Å². The number of halogens is 4. The molecule has 0 radical (unpaired) electrons. The normalized spacial score (nSPS) is 15.9. The van der Waals surface area contributed by atoms with Gasteiger partial charge in [0.15, 0.2) is 5.82 Å². The maximum atomic E-state index is 14.7. The van der Waals surface area contributed by atoms with Crippen LogP contribution in [0.5, 0.6) is 5.88 Å². The van der Waals surface area contributed by atoms with Crippen LogP contribution in [-0.4, -0.2) is 36.4 Å². The Hall–Kier alpha value is -4.02. The Morgan fingerprint density at radius 3 is 2.67 bits per heavy atom. The molecule has 0 saturated carbocycles. The lowest BCUT2D eigenvalue weighted by atomic mass is 9.87. The zero-order chi connectivity index (χ0) is 25.4. The van der Waals surface area contributed by atoms with Gasteiger partial charge in [0.05, 0.1) is 30.4 Å². The highest BCUT2D eigenvalue weighted by atomic mass is 19.4. The van der Waals surface area contributed by atoms with E-state index in [-0.39, 0.29) is 5.56 Å². The van der Waals surface area contributed by atoms with Gasteiger partial charge in [-0.25, -0.2) is 24.0 Å². The van der Waals surface area contributed by atoms with Crippen molar-refractivity contribution in [3.8, 4) is 11.6 Å². The number of aromatic nitrogens is 6. The lowest BCUT2D eigenvalue weighted by Crippen LogP contribution is -2.22. The fraction of sp³-hybridized carbons (Fsp3) is 0.280. The second kappa shape index (κ2) is 9.21. The van der Waals surface area contributed by atoms with E-state index in [0.29, 0.717) is 42.6 Å². The molecule has 7 nitrogen and oxygen atoms in total. The average molecular weight is 498 g/mol. The number of aryl methyl sites for hydroxylation is 2. The molecule has 3 aromatic heterocycles. The van der Waals surface area contributed by atoms with Crippen molar-refractivity contribution in [2.24, 2.45) is 0 Å². The zero-order valence-corrected chi connectivity index (χ0v) is 19.5. The van der Waals surface area contributed by atoms with E-state index in [1.807, 2.05) is 19.2 Å². The van der Waals surface area contributed by atoms with E-state index in [0.717, 1.165) is 29.6 Å². The van der Waals surface area contributed by atoms with Crippen molar-refractivity contribution in [2.45, 2.75) is 38.4 Å². The maximum absolute atomic E-state index is 14.7. The van der Waals surface area contributed by atoms with E-state index in [4.69, 9.17) is 4.74 Å². The Morgan fingerprint density at radius 1 is 1.11 bits per heavy atom. The highest BCUT2D eigenvalue weighted by Crippen LogP contribution is 2.41. The molecule has 0 aliphatic carbocycles. The van der Waals surface area contributed by atoms with Gasteiger partial charge in [0.25, 0.3) is 0 Å². The molecular weight excluding hydrogens is 476 g/mol. The molecule has 1 aliphatic rings. The third-order valence-corrected chi connectivity index (χ3v) is 6.05. The average Bonchev–Trinajstić information content (AvgIpc) is 3.47. The van der Waals surface area contributed by atoms with Crippen LogP contribution in [-0.2, 0) is 12.7 Å². The number of alkyl halides is 3. The van der Waals surface area contributed by atoms with Crippen molar-refractivity contribution < 1.29 is 22.3 Å². The van der Waals surface area contributed by atoms with Crippen molar-refractivity contribution in [1.82, 2.24) is 29.3 Å². The van der Waals surface area contributed by atoms with Gasteiger partial charge in [0.2, 0.25) is 5.88 Å². The fourth-order valence-corrected chi connectivity index (χ4v) is 4.45. The molecule has 1 aromatic carbocycles. The Morgan fingerprint density at radius 2 is 1.94 bits per heavy atom. The molecule has 0 saturated heterocycles. The topological polar surface area (TPSA) is 70.7 Å². The number of pyridine rings is 1. The quantitative estimate of drug-likeness (QED) is 0.343. The lowest BCUT2D eigenvalue weighted by Gasteiger charge is -2.25. The van der Waals surface area contributed by atoms with Gasteiger partial charge in [-0.05, 0) is 56.2 Å². The van der Waals surface area contributed by atoms with E-state index >= 15 is 0 Å². The van der Waals surface area contributed by atoms with Crippen LogP contribution < -0.4 is 4.74 Å². The first-order valence-electron chi connectivity index (χ1n) is 11.3. The number of rotatable bonds is 5. The molecule has 36 heavy (non-hydrogen) atoms. The largest absolute Gasteiger partial charge is 0.479 e. The van der Waals surface area contributed by atoms with Gasteiger partial charge in [0, 0.05) is 24.2 Å². The molecule has 11 heteroatoms. The monoisotopic (exact) mass is 498 g/mol. The summed E-state index contributed by atoms with van der Waals surface area (Å²) in [7, 11) is 1.52. The van der Waals surface area contributed by atoms with Crippen LogP contribution in [0.2, 0.25) is 0 Å². The van der Waals surface area contributed by atoms with Crippen molar-refractivity contribution in [3.63, 3.8) is 0 Å². The molecule has 0 spiro atoms. The van der Waals surface area contributed by atoms with E-state index in [9.17, 15) is 17.6 Å². The predicted molar refractivity (Wildman–Crippen MR) is 124 cm³/mol. The molecule has 0 N–H and O–H groups in total. The number of fused-ring (bicyclic) bond motifs is 1. The molecule has 0 amide bonds. The number of imidazole rings is 1. The van der Waals surface area contributed by atoms with Crippen molar-refractivity contribution in [1.29, 1.82) is 0 Å². The minimum atomic E-state index is -4.67. The van der Waals surface area contributed by atoms with Crippen molar-refractivity contribution >= 4 is 12.2 Å². The first-order chi connectivity index (χ1) is 17.2. The summed E-state index contributed by atoms with van der Waals surface area (Å²) in [5.74, 6) is -0.731. The molecule has 0 fully saturated rings. The van der Waals surface area contributed by atoms with Gasteiger partial charge in [-0.15, -0.1) is 0 Å². The number of benzene rings is 1. The molecule has 1 aliphatic heterocycles. The second-order valence-corrected chi connectivity index (χ2v) is 8.47. The minimum absolute atomic E-state index is 0.303. The van der Waals surface area contributed by atoms with Gasteiger partial charge in [-0.2, -0.15) is 18.3 Å². The third kappa shape index (κ3) is 4.48. The summed E-state index contributed by atoms with van der Waals surface area (Å²) in [5, 5.41) is 4.42. The van der Waals surface area contributed by atoms with Gasteiger partial charge in [0.1, 0.15) is 17.3 Å². The number of ether oxygens (including phenoxy) is 1. The highest BCUT2D eigenvalue weighted by molar-refractivity contribution is 5.65. The lowest BCUT2D eigenvalue weighted by molar-refractivity contribution is -0.138. The van der Waals surface area contributed by atoms with Gasteiger partial charge in [-0.3, -0.25) is 0 Å². The van der Waals surface area contributed by atoms with E-state index in [2.05, 4.69) is 20.1 Å². The van der Waals surface area contributed by atoms with Gasteiger partial charge in [-0.1, -0.05) is 6.07 Å². The number of hydrogen-bond donors (Lipinski definition) is 0. The molecule has 5 rings (SSSR count). The van der Waals surface area contributed by atoms with Crippen LogP contribution >= 0.6 is 0 Å². The van der Waals surface area contributed by atoms with Crippen LogP contribution in [0.15, 0.2) is 42.9 Å². The third-order valence-electron chi connectivity index (χ3n) is 6.05.